The second-order valence-electron chi connectivity index (χ2n) is 7.17. The first kappa shape index (κ1) is 14.1. The molecule has 3 heteroatoms. The average Bonchev–Trinajstić information content (AvgIpc) is 2.78. The van der Waals surface area contributed by atoms with E-state index in [9.17, 15) is 9.90 Å². The van der Waals surface area contributed by atoms with Gasteiger partial charge in [0.2, 0.25) is 0 Å². The number of carbonyl (C=O) groups is 1. The van der Waals surface area contributed by atoms with E-state index in [1.165, 1.54) is 0 Å². The highest BCUT2D eigenvalue weighted by Gasteiger charge is 2.68. The smallest absolute Gasteiger partial charge is 0.309 e. The first-order valence-corrected chi connectivity index (χ1v) is 8.02. The largest absolute Gasteiger partial charge is 0.466 e. The van der Waals surface area contributed by atoms with E-state index in [-0.39, 0.29) is 29.1 Å². The Hall–Kier alpha value is -0.830. The summed E-state index contributed by atoms with van der Waals surface area (Å²) in [5.74, 6) is 0.218. The standard InChI is InChI=1S/C17H26O3/c1-4-20-15(18)13-11(2)9-16-7-5-6-8-17(16,19)10-12(3)14(13)16/h11,13-14,19H,3-10H2,1-2H3/t11?,13?,14?,16-,17+/m0/s1. The monoisotopic (exact) mass is 278 g/mol. The fourth-order valence-corrected chi connectivity index (χ4v) is 5.58. The molecule has 0 aromatic carbocycles. The third-order valence-electron chi connectivity index (χ3n) is 6.16. The lowest BCUT2D eigenvalue weighted by Crippen LogP contribution is -2.48. The minimum atomic E-state index is -0.623. The SMILES string of the molecule is C=C1C[C@]2(O)CCCC[C@@]23CC(C)C(C(=O)OCC)C13. The molecule has 3 rings (SSSR count). The van der Waals surface area contributed by atoms with E-state index in [0.717, 1.165) is 37.7 Å². The van der Waals surface area contributed by atoms with Crippen molar-refractivity contribution in [1.82, 2.24) is 0 Å². The molecule has 3 nitrogen and oxygen atoms in total. The van der Waals surface area contributed by atoms with Crippen molar-refractivity contribution >= 4 is 5.97 Å². The van der Waals surface area contributed by atoms with Crippen molar-refractivity contribution in [2.45, 2.75) is 58.0 Å². The van der Waals surface area contributed by atoms with Gasteiger partial charge < -0.3 is 9.84 Å². The van der Waals surface area contributed by atoms with Crippen molar-refractivity contribution < 1.29 is 14.6 Å². The predicted octanol–water partition coefficient (Wildman–Crippen LogP) is 3.07. The second-order valence-corrected chi connectivity index (χ2v) is 7.17. The maximum atomic E-state index is 12.4. The first-order valence-electron chi connectivity index (χ1n) is 8.02. The molecule has 3 fully saturated rings. The van der Waals surface area contributed by atoms with E-state index >= 15 is 0 Å². The number of rotatable bonds is 2. The minimum absolute atomic E-state index is 0.0853. The van der Waals surface area contributed by atoms with Crippen molar-refractivity contribution in [3.05, 3.63) is 12.2 Å². The first-order chi connectivity index (χ1) is 9.45. The van der Waals surface area contributed by atoms with Crippen LogP contribution in [0, 0.1) is 23.2 Å². The molecule has 3 aliphatic rings. The van der Waals surface area contributed by atoms with Gasteiger partial charge >= 0.3 is 5.97 Å². The average molecular weight is 278 g/mol. The van der Waals surface area contributed by atoms with Gasteiger partial charge in [-0.25, -0.2) is 0 Å². The Kier molecular flexibility index (Phi) is 3.24. The summed E-state index contributed by atoms with van der Waals surface area (Å²) < 4.78 is 5.30. The highest BCUT2D eigenvalue weighted by Crippen LogP contribution is 2.69. The zero-order chi connectivity index (χ0) is 14.5. The van der Waals surface area contributed by atoms with Gasteiger partial charge in [-0.2, -0.15) is 0 Å². The molecule has 0 bridgehead atoms. The predicted molar refractivity (Wildman–Crippen MR) is 77.0 cm³/mol. The molecule has 0 aliphatic heterocycles. The molecule has 3 unspecified atom stereocenters. The molecule has 0 aromatic heterocycles. The second kappa shape index (κ2) is 4.59. The van der Waals surface area contributed by atoms with E-state index < -0.39 is 5.60 Å². The Morgan fingerprint density at radius 2 is 2.15 bits per heavy atom. The molecule has 112 valence electrons. The van der Waals surface area contributed by atoms with Crippen molar-refractivity contribution in [2.75, 3.05) is 6.61 Å². The Labute approximate surface area is 121 Å². The Morgan fingerprint density at radius 3 is 2.85 bits per heavy atom. The maximum absolute atomic E-state index is 12.4. The molecule has 0 heterocycles. The van der Waals surface area contributed by atoms with E-state index in [2.05, 4.69) is 13.5 Å². The van der Waals surface area contributed by atoms with Gasteiger partial charge in [0.1, 0.15) is 0 Å². The van der Waals surface area contributed by atoms with E-state index in [0.29, 0.717) is 13.0 Å². The number of ether oxygens (including phenoxy) is 1. The summed E-state index contributed by atoms with van der Waals surface area (Å²) in [6.45, 7) is 8.64. The lowest BCUT2D eigenvalue weighted by atomic mass is 9.61. The number of hydrogen-bond acceptors (Lipinski definition) is 3. The van der Waals surface area contributed by atoms with Crippen LogP contribution in [0.2, 0.25) is 0 Å². The van der Waals surface area contributed by atoms with Crippen LogP contribution in [0.1, 0.15) is 52.4 Å². The van der Waals surface area contributed by atoms with Crippen molar-refractivity contribution in [3.63, 3.8) is 0 Å². The van der Waals surface area contributed by atoms with Gasteiger partial charge in [-0.1, -0.05) is 31.9 Å². The van der Waals surface area contributed by atoms with Crippen LogP contribution >= 0.6 is 0 Å². The lowest BCUT2D eigenvalue weighted by molar-refractivity contribution is -0.151. The van der Waals surface area contributed by atoms with Gasteiger partial charge in [0.25, 0.3) is 0 Å². The summed E-state index contributed by atoms with van der Waals surface area (Å²) in [6, 6.07) is 0. The number of hydrogen-bond donors (Lipinski definition) is 1. The van der Waals surface area contributed by atoms with Gasteiger partial charge in [0.05, 0.1) is 18.1 Å². The van der Waals surface area contributed by atoms with Gasteiger partial charge in [-0.05, 0) is 38.5 Å². The number of esters is 1. The zero-order valence-corrected chi connectivity index (χ0v) is 12.7. The molecular formula is C17H26O3. The third-order valence-corrected chi connectivity index (χ3v) is 6.16. The maximum Gasteiger partial charge on any atom is 0.309 e. The molecule has 0 amide bonds. The van der Waals surface area contributed by atoms with Crippen LogP contribution in [0.25, 0.3) is 0 Å². The van der Waals surface area contributed by atoms with Crippen LogP contribution in [0.5, 0.6) is 0 Å². The summed E-state index contributed by atoms with van der Waals surface area (Å²) in [5.41, 5.74) is 0.346. The van der Waals surface area contributed by atoms with E-state index in [1.54, 1.807) is 0 Å². The van der Waals surface area contributed by atoms with Crippen LogP contribution in [0.3, 0.4) is 0 Å². The molecule has 1 N–H and O–H groups in total. The van der Waals surface area contributed by atoms with Crippen LogP contribution in [-0.4, -0.2) is 23.3 Å². The number of aliphatic hydroxyl groups is 1. The van der Waals surface area contributed by atoms with Gasteiger partial charge in [0, 0.05) is 11.3 Å². The topological polar surface area (TPSA) is 46.5 Å². The Balaban J connectivity index is 1.99. The quantitative estimate of drug-likeness (QED) is 0.624. The normalized spacial score (nSPS) is 47.0. The molecule has 0 aromatic rings. The van der Waals surface area contributed by atoms with Crippen LogP contribution in [0.4, 0.5) is 0 Å². The summed E-state index contributed by atoms with van der Waals surface area (Å²) in [7, 11) is 0. The molecular weight excluding hydrogens is 252 g/mol. The minimum Gasteiger partial charge on any atom is -0.466 e. The van der Waals surface area contributed by atoms with E-state index in [1.807, 2.05) is 6.92 Å². The fraction of sp³-hybridized carbons (Fsp3) is 0.824. The summed E-state index contributed by atoms with van der Waals surface area (Å²) in [4.78, 5) is 12.4. The fourth-order valence-electron chi connectivity index (χ4n) is 5.58. The van der Waals surface area contributed by atoms with Gasteiger partial charge in [-0.15, -0.1) is 0 Å². The summed E-state index contributed by atoms with van der Waals surface area (Å²) in [6.07, 6.45) is 5.78. The molecule has 3 saturated carbocycles. The summed E-state index contributed by atoms with van der Waals surface area (Å²) in [5, 5.41) is 11.2. The summed E-state index contributed by atoms with van der Waals surface area (Å²) >= 11 is 0. The van der Waals surface area contributed by atoms with Crippen molar-refractivity contribution in [2.24, 2.45) is 23.2 Å². The van der Waals surface area contributed by atoms with Crippen LogP contribution < -0.4 is 0 Å². The molecule has 3 aliphatic carbocycles. The van der Waals surface area contributed by atoms with Gasteiger partial charge in [0.15, 0.2) is 0 Å². The highest BCUT2D eigenvalue weighted by atomic mass is 16.5. The molecule has 0 saturated heterocycles. The third kappa shape index (κ3) is 1.65. The van der Waals surface area contributed by atoms with Crippen LogP contribution in [-0.2, 0) is 9.53 Å². The van der Waals surface area contributed by atoms with Crippen molar-refractivity contribution in [3.8, 4) is 0 Å². The lowest BCUT2D eigenvalue weighted by Gasteiger charge is -2.46. The van der Waals surface area contributed by atoms with E-state index in [4.69, 9.17) is 4.74 Å². The Bertz CT molecular complexity index is 444. The van der Waals surface area contributed by atoms with Crippen LogP contribution in [0.15, 0.2) is 12.2 Å². The molecule has 0 radical (unpaired) electrons. The highest BCUT2D eigenvalue weighted by molar-refractivity contribution is 5.75. The molecule has 5 atom stereocenters. The van der Waals surface area contributed by atoms with Gasteiger partial charge in [-0.3, -0.25) is 4.79 Å². The number of carbonyl (C=O) groups excluding carboxylic acids is 1. The zero-order valence-electron chi connectivity index (χ0n) is 12.7. The Morgan fingerprint density at radius 1 is 1.45 bits per heavy atom. The molecule has 20 heavy (non-hydrogen) atoms. The molecule has 1 spiro atoms. The van der Waals surface area contributed by atoms with Crippen molar-refractivity contribution in [1.29, 1.82) is 0 Å².